The summed E-state index contributed by atoms with van der Waals surface area (Å²) in [5, 5.41) is 0. The van der Waals surface area contributed by atoms with Gasteiger partial charge in [-0.25, -0.2) is 0 Å². The maximum atomic E-state index is 4.89. The van der Waals surface area contributed by atoms with E-state index in [-0.39, 0.29) is 29.6 Å². The zero-order chi connectivity index (χ0) is 2.71. The van der Waals surface area contributed by atoms with Crippen molar-refractivity contribution in [1.82, 2.24) is 0 Å². The van der Waals surface area contributed by atoms with Gasteiger partial charge in [-0.2, -0.15) is 11.6 Å². The van der Waals surface area contributed by atoms with Crippen LogP contribution in [0, 0.1) is 6.92 Å². The van der Waals surface area contributed by atoms with E-state index < -0.39 is 0 Å². The summed E-state index contributed by atoms with van der Waals surface area (Å²) >= 11 is 4.89. The summed E-state index contributed by atoms with van der Waals surface area (Å²) in [6.07, 6.45) is 0. The van der Waals surface area contributed by atoms with Gasteiger partial charge >= 0.3 is 29.6 Å². The molecule has 0 heterocycles. The zero-order valence-electron chi connectivity index (χ0n) is 2.79. The molecule has 0 aromatic rings. The molecule has 0 aromatic heterocycles. The monoisotopic (exact) mass is 86.0 g/mol. The van der Waals surface area contributed by atoms with E-state index in [2.05, 4.69) is 6.92 Å². The largest absolute Gasteiger partial charge is 1.00 e. The van der Waals surface area contributed by atoms with E-state index in [1.54, 1.807) is 0 Å². The topological polar surface area (TPSA) is 0 Å². The normalized spacial score (nSPS) is 4.50. The van der Waals surface area contributed by atoms with E-state index >= 15 is 0 Å². The molecular formula is C2H4ClNa. The first-order valence-electron chi connectivity index (χ1n) is 0.767. The predicted octanol–water partition coefficient (Wildman–Crippen LogP) is -1.94. The Bertz CT molecular complexity index is 6.00. The Morgan fingerprint density at radius 3 is 1.75 bits per heavy atom. The Balaban J connectivity index is 0. The van der Waals surface area contributed by atoms with Crippen molar-refractivity contribution in [1.29, 1.82) is 0 Å². The van der Waals surface area contributed by atoms with E-state index in [1.165, 1.54) is 0 Å². The summed E-state index contributed by atoms with van der Waals surface area (Å²) in [7, 11) is 0. The van der Waals surface area contributed by atoms with Gasteiger partial charge in [0.05, 0.1) is 0 Å². The third kappa shape index (κ3) is 10.4. The van der Waals surface area contributed by atoms with Crippen molar-refractivity contribution in [2.24, 2.45) is 0 Å². The Hall–Kier alpha value is 1.29. The molecule has 4 heavy (non-hydrogen) atoms. The van der Waals surface area contributed by atoms with Crippen molar-refractivity contribution in [3.8, 4) is 0 Å². The number of hydrogen-bond acceptors (Lipinski definition) is 0. The summed E-state index contributed by atoms with van der Waals surface area (Å²) < 4.78 is 0. The van der Waals surface area contributed by atoms with Crippen molar-refractivity contribution in [3.05, 3.63) is 6.92 Å². The average molecular weight is 86.5 g/mol. The minimum Gasteiger partial charge on any atom is -0.329 e. The molecule has 0 radical (unpaired) electrons. The quantitative estimate of drug-likeness (QED) is 0.183. The number of rotatable bonds is 0. The van der Waals surface area contributed by atoms with Crippen molar-refractivity contribution >= 4 is 11.6 Å². The van der Waals surface area contributed by atoms with Crippen LogP contribution in [0.3, 0.4) is 0 Å². The van der Waals surface area contributed by atoms with E-state index in [0.29, 0.717) is 5.88 Å². The van der Waals surface area contributed by atoms with Crippen molar-refractivity contribution in [2.75, 3.05) is 5.88 Å². The first kappa shape index (κ1) is 8.99. The van der Waals surface area contributed by atoms with Crippen LogP contribution < -0.4 is 29.6 Å². The van der Waals surface area contributed by atoms with Crippen LogP contribution in [0.15, 0.2) is 0 Å². The summed E-state index contributed by atoms with van der Waals surface area (Å²) in [5.41, 5.74) is 0. The molecule has 0 saturated heterocycles. The molecule has 0 fully saturated rings. The molecule has 0 aliphatic heterocycles. The molecule has 0 N–H and O–H groups in total. The molecule has 0 atom stereocenters. The summed E-state index contributed by atoms with van der Waals surface area (Å²) in [4.78, 5) is 0. The van der Waals surface area contributed by atoms with Gasteiger partial charge in [-0.3, -0.25) is 0 Å². The number of hydrogen-bond donors (Lipinski definition) is 0. The smallest absolute Gasteiger partial charge is 0.329 e. The third-order valence-corrected chi connectivity index (χ3v) is 0. The standard InChI is InChI=1S/C2H4Cl.Na/c1-2-3;/h1-2H2;/q-1;+1. The molecule has 0 amide bonds. The van der Waals surface area contributed by atoms with E-state index in [9.17, 15) is 0 Å². The van der Waals surface area contributed by atoms with Crippen LogP contribution in [0.25, 0.3) is 0 Å². The zero-order valence-corrected chi connectivity index (χ0v) is 5.55. The van der Waals surface area contributed by atoms with E-state index in [1.807, 2.05) is 0 Å². The second-order valence-corrected chi connectivity index (χ2v) is 0.567. The van der Waals surface area contributed by atoms with Gasteiger partial charge < -0.3 is 6.92 Å². The van der Waals surface area contributed by atoms with Crippen LogP contribution >= 0.6 is 11.6 Å². The third-order valence-electron chi connectivity index (χ3n) is 0. The molecule has 0 saturated carbocycles. The molecule has 2 heteroatoms. The van der Waals surface area contributed by atoms with Gasteiger partial charge in [0.1, 0.15) is 0 Å². The fourth-order valence-electron chi connectivity index (χ4n) is 0. The van der Waals surface area contributed by atoms with Crippen molar-refractivity contribution < 1.29 is 29.6 Å². The SMILES string of the molecule is [CH2-]CCl.[Na+]. The molecule has 0 aromatic carbocycles. The minimum atomic E-state index is 0. The molecule has 0 aliphatic rings. The molecule has 0 rings (SSSR count). The molecule has 0 spiro atoms. The Morgan fingerprint density at radius 1 is 1.75 bits per heavy atom. The minimum absolute atomic E-state index is 0. The second kappa shape index (κ2) is 8.85. The van der Waals surface area contributed by atoms with Crippen LogP contribution in [0.5, 0.6) is 0 Å². The fourth-order valence-corrected chi connectivity index (χ4v) is 0. The molecular weight excluding hydrogens is 82.5 g/mol. The van der Waals surface area contributed by atoms with Crippen LogP contribution in [-0.4, -0.2) is 5.88 Å². The molecule has 0 aliphatic carbocycles. The van der Waals surface area contributed by atoms with Crippen LogP contribution in [0.2, 0.25) is 0 Å². The Kier molecular flexibility index (Phi) is 19.9. The van der Waals surface area contributed by atoms with Gasteiger partial charge in [0.2, 0.25) is 0 Å². The van der Waals surface area contributed by atoms with Gasteiger partial charge in [0.25, 0.3) is 0 Å². The van der Waals surface area contributed by atoms with Gasteiger partial charge in [-0.1, -0.05) is 0 Å². The molecule has 20 valence electrons. The fraction of sp³-hybridized carbons (Fsp3) is 0.500. The van der Waals surface area contributed by atoms with E-state index in [4.69, 9.17) is 11.6 Å². The molecule has 0 nitrogen and oxygen atoms in total. The maximum Gasteiger partial charge on any atom is 1.00 e. The van der Waals surface area contributed by atoms with Crippen LogP contribution in [0.1, 0.15) is 0 Å². The van der Waals surface area contributed by atoms with Gasteiger partial charge in [-0.05, 0) is 0 Å². The van der Waals surface area contributed by atoms with Crippen LogP contribution in [0.4, 0.5) is 0 Å². The average Bonchev–Trinajstić information content (AvgIpc) is 0.918. The summed E-state index contributed by atoms with van der Waals surface area (Å²) in [6.45, 7) is 3.25. The molecule has 0 unspecified atom stereocenters. The first-order valence-corrected chi connectivity index (χ1v) is 1.30. The van der Waals surface area contributed by atoms with Gasteiger partial charge in [-0.15, -0.1) is 5.88 Å². The number of alkyl halides is 1. The van der Waals surface area contributed by atoms with Gasteiger partial charge in [0, 0.05) is 0 Å². The van der Waals surface area contributed by atoms with Gasteiger partial charge in [0.15, 0.2) is 0 Å². The Labute approximate surface area is 53.8 Å². The Morgan fingerprint density at radius 2 is 1.75 bits per heavy atom. The van der Waals surface area contributed by atoms with Crippen LogP contribution in [-0.2, 0) is 0 Å². The first-order chi connectivity index (χ1) is 1.41. The molecule has 0 bridgehead atoms. The van der Waals surface area contributed by atoms with Crippen molar-refractivity contribution in [2.45, 2.75) is 0 Å². The van der Waals surface area contributed by atoms with Crippen molar-refractivity contribution in [3.63, 3.8) is 0 Å². The number of halogens is 1. The summed E-state index contributed by atoms with van der Waals surface area (Å²) in [6, 6.07) is 0. The summed E-state index contributed by atoms with van der Waals surface area (Å²) in [5.74, 6) is 0.472. The predicted molar refractivity (Wildman–Crippen MR) is 16.1 cm³/mol. The van der Waals surface area contributed by atoms with E-state index in [0.717, 1.165) is 0 Å². The second-order valence-electron chi connectivity index (χ2n) is 0.189. The maximum absolute atomic E-state index is 4.89.